The molecule has 7 heteroatoms. The van der Waals surface area contributed by atoms with Gasteiger partial charge < -0.3 is 14.4 Å². The molecule has 0 bridgehead atoms. The Hall–Kier alpha value is -1.53. The second kappa shape index (κ2) is 7.00. The first kappa shape index (κ1) is 16.9. The normalized spacial score (nSPS) is 14.5. The Bertz CT molecular complexity index is 928. The maximum absolute atomic E-state index is 6.14. The van der Waals surface area contributed by atoms with Gasteiger partial charge in [-0.3, -0.25) is 0 Å². The van der Waals surface area contributed by atoms with Crippen molar-refractivity contribution in [3.8, 4) is 5.75 Å². The molecule has 0 saturated carbocycles. The fraction of sp³-hybridized carbons (Fsp3) is 0.222. The molecular formula is C18H17Cl2N3OS. The van der Waals surface area contributed by atoms with Gasteiger partial charge in [0.2, 0.25) is 0 Å². The van der Waals surface area contributed by atoms with E-state index in [1.54, 1.807) is 25.3 Å². The number of hydrogen-bond acceptors (Lipinski definition) is 4. The molecule has 4 rings (SSSR count). The van der Waals surface area contributed by atoms with Crippen molar-refractivity contribution >= 4 is 51.9 Å². The molecule has 2 heterocycles. The molecule has 0 fully saturated rings. The molecule has 1 aromatic heterocycles. The molecule has 2 aromatic carbocycles. The van der Waals surface area contributed by atoms with Crippen LogP contribution in [0.5, 0.6) is 5.75 Å². The standard InChI is InChI=1S/C18H17Cl2N3OS/c1-24-14-7-12(20)6-13(9-14)22-25-23-5-4-15-16-8-11(19)2-3-17(16)21-18(15)10-23/h2-3,6-9,21-22H,4-5,10H2,1H3. The van der Waals surface area contributed by atoms with Gasteiger partial charge in [0.1, 0.15) is 5.75 Å². The van der Waals surface area contributed by atoms with E-state index in [0.717, 1.165) is 41.5 Å². The summed E-state index contributed by atoms with van der Waals surface area (Å²) in [6.07, 6.45) is 0.989. The Labute approximate surface area is 160 Å². The first-order chi connectivity index (χ1) is 12.1. The lowest BCUT2D eigenvalue weighted by Crippen LogP contribution is -2.25. The number of aromatic amines is 1. The summed E-state index contributed by atoms with van der Waals surface area (Å²) < 4.78 is 10.9. The largest absolute Gasteiger partial charge is 0.497 e. The number of aromatic nitrogens is 1. The third kappa shape index (κ3) is 3.55. The van der Waals surface area contributed by atoms with Crippen molar-refractivity contribution in [3.05, 3.63) is 57.7 Å². The minimum absolute atomic E-state index is 0.649. The average molecular weight is 394 g/mol. The van der Waals surface area contributed by atoms with Gasteiger partial charge in [-0.15, -0.1) is 0 Å². The summed E-state index contributed by atoms with van der Waals surface area (Å²) in [6.45, 7) is 1.80. The van der Waals surface area contributed by atoms with Crippen LogP contribution in [0.2, 0.25) is 10.0 Å². The van der Waals surface area contributed by atoms with Crippen molar-refractivity contribution in [2.75, 3.05) is 18.4 Å². The van der Waals surface area contributed by atoms with E-state index < -0.39 is 0 Å². The van der Waals surface area contributed by atoms with Gasteiger partial charge in [0.15, 0.2) is 0 Å². The molecule has 0 radical (unpaired) electrons. The minimum Gasteiger partial charge on any atom is -0.497 e. The summed E-state index contributed by atoms with van der Waals surface area (Å²) in [5, 5.41) is 2.67. The fourth-order valence-electron chi connectivity index (χ4n) is 3.12. The van der Waals surface area contributed by atoms with Crippen LogP contribution in [-0.4, -0.2) is 22.9 Å². The summed E-state index contributed by atoms with van der Waals surface area (Å²) >= 11 is 13.8. The summed E-state index contributed by atoms with van der Waals surface area (Å²) in [5.74, 6) is 0.740. The Morgan fingerprint density at radius 2 is 2.04 bits per heavy atom. The molecule has 2 N–H and O–H groups in total. The molecule has 0 amide bonds. The van der Waals surface area contributed by atoms with E-state index in [1.165, 1.54) is 16.6 Å². The monoisotopic (exact) mass is 393 g/mol. The van der Waals surface area contributed by atoms with Crippen LogP contribution in [-0.2, 0) is 13.0 Å². The van der Waals surface area contributed by atoms with Crippen molar-refractivity contribution < 1.29 is 4.74 Å². The van der Waals surface area contributed by atoms with Crippen molar-refractivity contribution in [2.24, 2.45) is 0 Å². The number of nitrogens with one attached hydrogen (secondary N) is 2. The van der Waals surface area contributed by atoms with Gasteiger partial charge in [0, 0.05) is 51.4 Å². The fourth-order valence-corrected chi connectivity index (χ4v) is 4.25. The second-order valence-electron chi connectivity index (χ2n) is 5.96. The van der Waals surface area contributed by atoms with E-state index in [-0.39, 0.29) is 0 Å². The lowest BCUT2D eigenvalue weighted by atomic mass is 10.0. The number of rotatable bonds is 4. The van der Waals surface area contributed by atoms with E-state index in [9.17, 15) is 0 Å². The molecule has 1 aliphatic heterocycles. The van der Waals surface area contributed by atoms with Gasteiger partial charge in [-0.05, 0) is 42.3 Å². The quantitative estimate of drug-likeness (QED) is 0.572. The maximum Gasteiger partial charge on any atom is 0.122 e. The van der Waals surface area contributed by atoms with Crippen LogP contribution in [0.1, 0.15) is 11.3 Å². The Morgan fingerprint density at radius 1 is 1.16 bits per heavy atom. The summed E-state index contributed by atoms with van der Waals surface area (Å²) in [5.41, 5.74) is 4.69. The van der Waals surface area contributed by atoms with Gasteiger partial charge in [-0.1, -0.05) is 23.2 Å². The van der Waals surface area contributed by atoms with E-state index in [4.69, 9.17) is 27.9 Å². The maximum atomic E-state index is 6.14. The molecule has 0 atom stereocenters. The zero-order chi connectivity index (χ0) is 17.4. The van der Waals surface area contributed by atoms with Gasteiger partial charge in [-0.25, -0.2) is 4.31 Å². The molecule has 3 aromatic rings. The molecule has 130 valence electrons. The number of anilines is 1. The van der Waals surface area contributed by atoms with E-state index in [1.807, 2.05) is 30.3 Å². The number of methoxy groups -OCH3 is 1. The highest BCUT2D eigenvalue weighted by molar-refractivity contribution is 7.98. The predicted molar refractivity (Wildman–Crippen MR) is 107 cm³/mol. The number of nitrogens with zero attached hydrogens (tertiary/aromatic N) is 1. The van der Waals surface area contributed by atoms with Crippen molar-refractivity contribution in [2.45, 2.75) is 13.0 Å². The Kier molecular flexibility index (Phi) is 4.73. The van der Waals surface area contributed by atoms with Gasteiger partial charge in [0.05, 0.1) is 19.3 Å². The highest BCUT2D eigenvalue weighted by atomic mass is 35.5. The highest BCUT2D eigenvalue weighted by Crippen LogP contribution is 2.32. The van der Waals surface area contributed by atoms with Crippen LogP contribution < -0.4 is 9.46 Å². The van der Waals surface area contributed by atoms with Crippen LogP contribution in [0.15, 0.2) is 36.4 Å². The van der Waals surface area contributed by atoms with Gasteiger partial charge in [0.25, 0.3) is 0 Å². The van der Waals surface area contributed by atoms with Crippen LogP contribution in [0.3, 0.4) is 0 Å². The second-order valence-corrected chi connectivity index (χ2v) is 7.73. The molecule has 4 nitrogen and oxygen atoms in total. The van der Waals surface area contributed by atoms with Crippen molar-refractivity contribution in [1.82, 2.24) is 9.29 Å². The Balaban J connectivity index is 1.48. The predicted octanol–water partition coefficient (Wildman–Crippen LogP) is 5.52. The smallest absolute Gasteiger partial charge is 0.122 e. The molecule has 1 aliphatic rings. The average Bonchev–Trinajstić information content (AvgIpc) is 2.96. The first-order valence-corrected chi connectivity index (χ1v) is 9.47. The number of fused-ring (bicyclic) bond motifs is 3. The van der Waals surface area contributed by atoms with Crippen LogP contribution in [0.4, 0.5) is 5.69 Å². The molecule has 0 spiro atoms. The number of halogens is 2. The SMILES string of the molecule is COc1cc(Cl)cc(NSN2CCc3c([nH]c4ccc(Cl)cc34)C2)c1. The number of ether oxygens (including phenoxy) is 1. The third-order valence-corrected chi connectivity index (χ3v) is 5.65. The molecule has 0 saturated heterocycles. The van der Waals surface area contributed by atoms with Crippen molar-refractivity contribution in [1.29, 1.82) is 0 Å². The van der Waals surface area contributed by atoms with E-state index >= 15 is 0 Å². The summed E-state index contributed by atoms with van der Waals surface area (Å²) in [6, 6.07) is 11.6. The lowest BCUT2D eigenvalue weighted by molar-refractivity contribution is 0.415. The summed E-state index contributed by atoms with van der Waals surface area (Å²) in [4.78, 5) is 3.52. The van der Waals surface area contributed by atoms with Crippen LogP contribution >= 0.6 is 35.3 Å². The van der Waals surface area contributed by atoms with Crippen LogP contribution in [0, 0.1) is 0 Å². The van der Waals surface area contributed by atoms with Gasteiger partial charge in [-0.2, -0.15) is 0 Å². The zero-order valence-corrected chi connectivity index (χ0v) is 15.9. The third-order valence-electron chi connectivity index (χ3n) is 4.30. The minimum atomic E-state index is 0.649. The topological polar surface area (TPSA) is 40.3 Å². The molecular weight excluding hydrogens is 377 g/mol. The number of benzene rings is 2. The van der Waals surface area contributed by atoms with Crippen LogP contribution in [0.25, 0.3) is 10.9 Å². The van der Waals surface area contributed by atoms with Gasteiger partial charge >= 0.3 is 0 Å². The number of hydrogen-bond donors (Lipinski definition) is 2. The first-order valence-electron chi connectivity index (χ1n) is 7.94. The number of H-pyrrole nitrogens is 1. The molecule has 0 unspecified atom stereocenters. The zero-order valence-electron chi connectivity index (χ0n) is 13.6. The molecule has 0 aliphatic carbocycles. The van der Waals surface area contributed by atoms with E-state index in [0.29, 0.717) is 5.02 Å². The highest BCUT2D eigenvalue weighted by Gasteiger charge is 2.21. The lowest BCUT2D eigenvalue weighted by Gasteiger charge is -2.25. The van der Waals surface area contributed by atoms with E-state index in [2.05, 4.69) is 14.0 Å². The summed E-state index contributed by atoms with van der Waals surface area (Å²) in [7, 11) is 1.64. The van der Waals surface area contributed by atoms with Crippen molar-refractivity contribution in [3.63, 3.8) is 0 Å². The molecule has 25 heavy (non-hydrogen) atoms. The Morgan fingerprint density at radius 3 is 2.88 bits per heavy atom.